The van der Waals surface area contributed by atoms with Crippen molar-refractivity contribution in [1.82, 2.24) is 4.98 Å². The lowest BCUT2D eigenvalue weighted by molar-refractivity contribution is 0.0599. The number of para-hydroxylation sites is 1. The summed E-state index contributed by atoms with van der Waals surface area (Å²) in [5, 5.41) is 2.80. The number of hydrogen-bond donors (Lipinski definition) is 2. The van der Waals surface area contributed by atoms with E-state index in [0.29, 0.717) is 40.3 Å². The summed E-state index contributed by atoms with van der Waals surface area (Å²) in [5.41, 5.74) is 4.98. The number of methoxy groups -OCH3 is 1. The summed E-state index contributed by atoms with van der Waals surface area (Å²) in [6.07, 6.45) is 0.846. The van der Waals surface area contributed by atoms with E-state index in [4.69, 9.17) is 4.74 Å². The molecule has 2 heterocycles. The zero-order valence-corrected chi connectivity index (χ0v) is 17.6. The van der Waals surface area contributed by atoms with Crippen LogP contribution in [0.3, 0.4) is 0 Å². The van der Waals surface area contributed by atoms with Crippen molar-refractivity contribution in [3.8, 4) is 0 Å². The predicted octanol–water partition coefficient (Wildman–Crippen LogP) is 3.87. The minimum atomic E-state index is -0.489. The van der Waals surface area contributed by atoms with Gasteiger partial charge in [-0.25, -0.2) is 4.79 Å². The van der Waals surface area contributed by atoms with Crippen LogP contribution in [0.15, 0.2) is 48.5 Å². The summed E-state index contributed by atoms with van der Waals surface area (Å²) < 4.78 is 4.78. The van der Waals surface area contributed by atoms with Crippen molar-refractivity contribution >= 4 is 29.2 Å². The smallest absolute Gasteiger partial charge is 0.339 e. The summed E-state index contributed by atoms with van der Waals surface area (Å²) in [4.78, 5) is 42.3. The number of carbonyl (C=O) groups excluding carboxylic acids is 3. The van der Waals surface area contributed by atoms with Crippen LogP contribution in [0, 0.1) is 13.8 Å². The van der Waals surface area contributed by atoms with Crippen LogP contribution in [0.5, 0.6) is 0 Å². The molecule has 2 amide bonds. The minimum absolute atomic E-state index is 0.0682. The molecule has 0 unspecified atom stereocenters. The molecule has 158 valence electrons. The topological polar surface area (TPSA) is 91.5 Å². The molecule has 0 atom stereocenters. The third kappa shape index (κ3) is 3.70. The SMILES string of the molecule is COC(=O)c1c(C)[nH]c(C(=O)Nc2ccc(C(=O)N3CCc4ccccc43)cc2)c1C. The van der Waals surface area contributed by atoms with Gasteiger partial charge in [-0.3, -0.25) is 9.59 Å². The molecule has 0 fully saturated rings. The fourth-order valence-corrected chi connectivity index (χ4v) is 3.98. The highest BCUT2D eigenvalue weighted by molar-refractivity contribution is 6.09. The van der Waals surface area contributed by atoms with Crippen molar-refractivity contribution < 1.29 is 19.1 Å². The predicted molar refractivity (Wildman–Crippen MR) is 118 cm³/mol. The molecule has 0 spiro atoms. The third-order valence-electron chi connectivity index (χ3n) is 5.58. The number of H-pyrrole nitrogens is 1. The molecule has 7 nitrogen and oxygen atoms in total. The Labute approximate surface area is 180 Å². The molecule has 0 bridgehead atoms. The summed E-state index contributed by atoms with van der Waals surface area (Å²) in [6.45, 7) is 4.07. The van der Waals surface area contributed by atoms with Gasteiger partial charge in [-0.15, -0.1) is 0 Å². The van der Waals surface area contributed by atoms with Gasteiger partial charge in [0.15, 0.2) is 0 Å². The Morgan fingerprint density at radius 2 is 1.74 bits per heavy atom. The van der Waals surface area contributed by atoms with Crippen LogP contribution in [0.4, 0.5) is 11.4 Å². The lowest BCUT2D eigenvalue weighted by atomic mass is 10.1. The number of aromatic nitrogens is 1. The Morgan fingerprint density at radius 3 is 2.45 bits per heavy atom. The van der Waals surface area contributed by atoms with Crippen molar-refractivity contribution in [2.24, 2.45) is 0 Å². The number of nitrogens with zero attached hydrogens (tertiary/aromatic N) is 1. The zero-order valence-electron chi connectivity index (χ0n) is 17.6. The van der Waals surface area contributed by atoms with Crippen LogP contribution >= 0.6 is 0 Å². The zero-order chi connectivity index (χ0) is 22.1. The van der Waals surface area contributed by atoms with E-state index in [0.717, 1.165) is 12.1 Å². The maximum absolute atomic E-state index is 12.9. The molecule has 4 rings (SSSR count). The normalized spacial score (nSPS) is 12.4. The Bertz CT molecular complexity index is 1180. The maximum Gasteiger partial charge on any atom is 0.339 e. The van der Waals surface area contributed by atoms with Crippen LogP contribution in [0.1, 0.15) is 48.0 Å². The number of hydrogen-bond acceptors (Lipinski definition) is 4. The molecule has 0 saturated heterocycles. The largest absolute Gasteiger partial charge is 0.465 e. The number of amides is 2. The molecule has 3 aromatic rings. The molecule has 0 saturated carbocycles. The van der Waals surface area contributed by atoms with Gasteiger partial charge in [-0.1, -0.05) is 18.2 Å². The van der Waals surface area contributed by atoms with E-state index in [1.807, 2.05) is 24.3 Å². The van der Waals surface area contributed by atoms with Gasteiger partial charge in [-0.2, -0.15) is 0 Å². The number of nitrogens with one attached hydrogen (secondary N) is 2. The molecule has 31 heavy (non-hydrogen) atoms. The first-order valence-corrected chi connectivity index (χ1v) is 9.99. The summed E-state index contributed by atoms with van der Waals surface area (Å²) >= 11 is 0. The molecule has 1 aliphatic heterocycles. The van der Waals surface area contributed by atoms with E-state index in [1.54, 1.807) is 43.0 Å². The Kier molecular flexibility index (Phi) is 5.33. The number of fused-ring (bicyclic) bond motifs is 1. The molecule has 7 heteroatoms. The molecular formula is C24H23N3O4. The van der Waals surface area contributed by atoms with Crippen LogP contribution in [-0.4, -0.2) is 36.4 Å². The standard InChI is InChI=1S/C24H23N3O4/c1-14-20(24(30)31-3)15(2)25-21(14)22(28)26-18-10-8-17(9-11-18)23(29)27-13-12-16-6-4-5-7-19(16)27/h4-11,25H,12-13H2,1-3H3,(H,26,28). The minimum Gasteiger partial charge on any atom is -0.465 e. The molecule has 0 radical (unpaired) electrons. The Hall–Kier alpha value is -3.87. The van der Waals surface area contributed by atoms with E-state index in [1.165, 1.54) is 12.7 Å². The first-order chi connectivity index (χ1) is 14.9. The molecule has 2 aromatic carbocycles. The quantitative estimate of drug-likeness (QED) is 0.631. The highest BCUT2D eigenvalue weighted by atomic mass is 16.5. The average Bonchev–Trinajstić information content (AvgIpc) is 3.34. The number of aromatic amines is 1. The summed E-state index contributed by atoms with van der Waals surface area (Å²) in [5.74, 6) is -0.929. The van der Waals surface area contributed by atoms with E-state index >= 15 is 0 Å². The van der Waals surface area contributed by atoms with Crippen molar-refractivity contribution in [2.75, 3.05) is 23.9 Å². The first-order valence-electron chi connectivity index (χ1n) is 9.99. The molecule has 1 aromatic heterocycles. The number of aryl methyl sites for hydroxylation is 1. The maximum atomic E-state index is 12.9. The van der Waals surface area contributed by atoms with Gasteiger partial charge in [0, 0.05) is 29.2 Å². The van der Waals surface area contributed by atoms with Gasteiger partial charge in [0.05, 0.1) is 12.7 Å². The molecule has 1 aliphatic rings. The number of carbonyl (C=O) groups is 3. The van der Waals surface area contributed by atoms with Crippen molar-refractivity contribution in [1.29, 1.82) is 0 Å². The van der Waals surface area contributed by atoms with Crippen molar-refractivity contribution in [2.45, 2.75) is 20.3 Å². The lowest BCUT2D eigenvalue weighted by Gasteiger charge is -2.17. The van der Waals surface area contributed by atoms with Gasteiger partial charge in [0.25, 0.3) is 11.8 Å². The van der Waals surface area contributed by atoms with Gasteiger partial charge in [-0.05, 0) is 61.7 Å². The van der Waals surface area contributed by atoms with Crippen LogP contribution in [-0.2, 0) is 11.2 Å². The monoisotopic (exact) mass is 417 g/mol. The van der Waals surface area contributed by atoms with Crippen LogP contribution in [0.25, 0.3) is 0 Å². The van der Waals surface area contributed by atoms with E-state index < -0.39 is 5.97 Å². The third-order valence-corrected chi connectivity index (χ3v) is 5.58. The van der Waals surface area contributed by atoms with Gasteiger partial charge in [0.1, 0.15) is 5.69 Å². The second kappa shape index (κ2) is 8.10. The van der Waals surface area contributed by atoms with E-state index in [2.05, 4.69) is 10.3 Å². The van der Waals surface area contributed by atoms with Crippen molar-refractivity contribution in [3.05, 3.63) is 82.2 Å². The second-order valence-corrected chi connectivity index (χ2v) is 7.48. The first kappa shape index (κ1) is 20.4. The summed E-state index contributed by atoms with van der Waals surface area (Å²) in [7, 11) is 1.30. The van der Waals surface area contributed by atoms with Crippen LogP contribution in [0.2, 0.25) is 0 Å². The Balaban J connectivity index is 1.49. The molecule has 0 aliphatic carbocycles. The highest BCUT2D eigenvalue weighted by Gasteiger charge is 2.25. The van der Waals surface area contributed by atoms with Gasteiger partial charge >= 0.3 is 5.97 Å². The number of benzene rings is 2. The van der Waals surface area contributed by atoms with E-state index in [-0.39, 0.29) is 11.8 Å². The highest BCUT2D eigenvalue weighted by Crippen LogP contribution is 2.29. The Morgan fingerprint density at radius 1 is 1.03 bits per heavy atom. The fraction of sp³-hybridized carbons (Fsp3) is 0.208. The molecular weight excluding hydrogens is 394 g/mol. The lowest BCUT2D eigenvalue weighted by Crippen LogP contribution is -2.28. The van der Waals surface area contributed by atoms with Crippen molar-refractivity contribution in [3.63, 3.8) is 0 Å². The fourth-order valence-electron chi connectivity index (χ4n) is 3.98. The van der Waals surface area contributed by atoms with Gasteiger partial charge in [0.2, 0.25) is 0 Å². The number of esters is 1. The number of ether oxygens (including phenoxy) is 1. The van der Waals surface area contributed by atoms with E-state index in [9.17, 15) is 14.4 Å². The number of rotatable bonds is 4. The number of anilines is 2. The second-order valence-electron chi connectivity index (χ2n) is 7.48. The van der Waals surface area contributed by atoms with Gasteiger partial charge < -0.3 is 19.9 Å². The molecule has 2 N–H and O–H groups in total. The van der Waals surface area contributed by atoms with Crippen LogP contribution < -0.4 is 10.2 Å². The summed E-state index contributed by atoms with van der Waals surface area (Å²) in [6, 6.07) is 14.7. The average molecular weight is 417 g/mol.